The fraction of sp³-hybridized carbons (Fsp3) is 0.875. The lowest BCUT2D eigenvalue weighted by molar-refractivity contribution is -0.119. The summed E-state index contributed by atoms with van der Waals surface area (Å²) < 4.78 is 4.90. The van der Waals surface area contributed by atoms with Crippen molar-refractivity contribution in [3.05, 3.63) is 0 Å². The predicted molar refractivity (Wildman–Crippen MR) is 109 cm³/mol. The Bertz CT molecular complexity index is 360. The minimum absolute atomic E-state index is 0. The fourth-order valence-electron chi connectivity index (χ4n) is 2.63. The Morgan fingerprint density at radius 3 is 2.54 bits per heavy atom. The molecule has 0 atom stereocenters. The predicted octanol–water partition coefficient (Wildman–Crippen LogP) is 0.797. The van der Waals surface area contributed by atoms with Gasteiger partial charge >= 0.3 is 0 Å². The number of likely N-dealkylation sites (tertiary alicyclic amines) is 1. The van der Waals surface area contributed by atoms with Crippen LogP contribution in [0.5, 0.6) is 0 Å². The van der Waals surface area contributed by atoms with Gasteiger partial charge < -0.3 is 25.6 Å². The van der Waals surface area contributed by atoms with E-state index in [1.165, 1.54) is 13.0 Å². The smallest absolute Gasteiger partial charge is 0.241 e. The Labute approximate surface area is 163 Å². The van der Waals surface area contributed by atoms with Gasteiger partial charge in [0.15, 0.2) is 5.96 Å². The van der Waals surface area contributed by atoms with E-state index in [1.54, 1.807) is 7.11 Å². The molecule has 0 radical (unpaired) electrons. The Kier molecular flexibility index (Phi) is 14.3. The monoisotopic (exact) mass is 455 g/mol. The number of nitrogens with zero attached hydrogens (tertiary/aromatic N) is 2. The van der Waals surface area contributed by atoms with E-state index in [-0.39, 0.29) is 36.4 Å². The number of hydrogen-bond acceptors (Lipinski definition) is 4. The second kappa shape index (κ2) is 14.7. The van der Waals surface area contributed by atoms with E-state index in [0.717, 1.165) is 38.4 Å². The van der Waals surface area contributed by atoms with E-state index in [9.17, 15) is 4.79 Å². The lowest BCUT2D eigenvalue weighted by atomic mass is 10.1. The van der Waals surface area contributed by atoms with Crippen LogP contribution in [0.1, 0.15) is 33.1 Å². The molecular weight excluding hydrogens is 421 g/mol. The van der Waals surface area contributed by atoms with Gasteiger partial charge in [-0.3, -0.25) is 4.79 Å². The molecule has 1 amide bonds. The van der Waals surface area contributed by atoms with Gasteiger partial charge in [0, 0.05) is 39.3 Å². The Balaban J connectivity index is 0.00000529. The van der Waals surface area contributed by atoms with Gasteiger partial charge in [0.25, 0.3) is 0 Å². The van der Waals surface area contributed by atoms with Crippen LogP contribution in [0, 0.1) is 0 Å². The lowest BCUT2D eigenvalue weighted by Crippen LogP contribution is -2.49. The number of carbonyl (C=O) groups excluding carboxylic acids is 1. The molecule has 0 aliphatic carbocycles. The molecule has 8 heteroatoms. The van der Waals surface area contributed by atoms with Gasteiger partial charge in [-0.15, -0.1) is 24.0 Å². The SMILES string of the molecule is CCCN1CCC(NC(=NCC(=O)NCCOC)NCC)CC1.I. The van der Waals surface area contributed by atoms with Crippen LogP contribution in [-0.2, 0) is 9.53 Å². The first-order chi connectivity index (χ1) is 11.2. The average molecular weight is 455 g/mol. The molecule has 1 fully saturated rings. The van der Waals surface area contributed by atoms with Gasteiger partial charge in [-0.2, -0.15) is 0 Å². The van der Waals surface area contributed by atoms with E-state index in [4.69, 9.17) is 4.74 Å². The molecule has 1 aliphatic rings. The van der Waals surface area contributed by atoms with Crippen molar-refractivity contribution in [2.45, 2.75) is 39.2 Å². The van der Waals surface area contributed by atoms with E-state index in [2.05, 4.69) is 32.8 Å². The zero-order chi connectivity index (χ0) is 16.9. The summed E-state index contributed by atoms with van der Waals surface area (Å²) in [7, 11) is 1.61. The molecule has 1 heterocycles. The number of aliphatic imine (C=N–C) groups is 1. The summed E-state index contributed by atoms with van der Waals surface area (Å²) >= 11 is 0. The van der Waals surface area contributed by atoms with Gasteiger partial charge in [0.1, 0.15) is 6.54 Å². The summed E-state index contributed by atoms with van der Waals surface area (Å²) in [6.07, 6.45) is 3.44. The first kappa shape index (κ1) is 23.4. The number of hydrogen-bond donors (Lipinski definition) is 3. The third-order valence-corrected chi connectivity index (χ3v) is 3.82. The van der Waals surface area contributed by atoms with Crippen molar-refractivity contribution >= 4 is 35.8 Å². The average Bonchev–Trinajstić information content (AvgIpc) is 2.55. The van der Waals surface area contributed by atoms with Crippen molar-refractivity contribution in [1.82, 2.24) is 20.9 Å². The van der Waals surface area contributed by atoms with Crippen LogP contribution in [0.15, 0.2) is 4.99 Å². The zero-order valence-corrected chi connectivity index (χ0v) is 17.6. The summed E-state index contributed by atoms with van der Waals surface area (Å²) in [6.45, 7) is 9.64. The molecule has 24 heavy (non-hydrogen) atoms. The van der Waals surface area contributed by atoms with Gasteiger partial charge in [-0.25, -0.2) is 4.99 Å². The summed E-state index contributed by atoms with van der Waals surface area (Å²) in [6, 6.07) is 0.428. The first-order valence-electron chi connectivity index (χ1n) is 8.72. The third-order valence-electron chi connectivity index (χ3n) is 3.82. The number of halogens is 1. The van der Waals surface area contributed by atoms with Crippen LogP contribution in [0.25, 0.3) is 0 Å². The second-order valence-electron chi connectivity index (χ2n) is 5.80. The van der Waals surface area contributed by atoms with Gasteiger partial charge in [0.2, 0.25) is 5.91 Å². The van der Waals surface area contributed by atoms with Crippen molar-refractivity contribution in [2.24, 2.45) is 4.99 Å². The molecule has 0 spiro atoms. The van der Waals surface area contributed by atoms with Gasteiger partial charge in [0.05, 0.1) is 6.61 Å². The van der Waals surface area contributed by atoms with Crippen LogP contribution in [0.3, 0.4) is 0 Å². The third kappa shape index (κ3) is 10.3. The fourth-order valence-corrected chi connectivity index (χ4v) is 2.63. The molecule has 0 aromatic carbocycles. The quantitative estimate of drug-likeness (QED) is 0.208. The Morgan fingerprint density at radius 1 is 1.25 bits per heavy atom. The van der Waals surface area contributed by atoms with Gasteiger partial charge in [-0.1, -0.05) is 6.92 Å². The van der Waals surface area contributed by atoms with Crippen molar-refractivity contribution in [3.63, 3.8) is 0 Å². The molecule has 1 saturated heterocycles. The largest absolute Gasteiger partial charge is 0.383 e. The molecule has 0 bridgehead atoms. The van der Waals surface area contributed by atoms with Crippen LogP contribution < -0.4 is 16.0 Å². The lowest BCUT2D eigenvalue weighted by Gasteiger charge is -2.32. The van der Waals surface area contributed by atoms with Crippen LogP contribution in [-0.4, -0.2) is 75.8 Å². The molecular formula is C16H34IN5O2. The van der Waals surface area contributed by atoms with Crippen molar-refractivity contribution in [2.75, 3.05) is 53.0 Å². The summed E-state index contributed by atoms with van der Waals surface area (Å²) in [5.74, 6) is 0.639. The van der Waals surface area contributed by atoms with E-state index in [0.29, 0.717) is 19.2 Å². The second-order valence-corrected chi connectivity index (χ2v) is 5.80. The number of ether oxygens (including phenoxy) is 1. The van der Waals surface area contributed by atoms with Crippen LogP contribution in [0.2, 0.25) is 0 Å². The van der Waals surface area contributed by atoms with Crippen LogP contribution in [0.4, 0.5) is 0 Å². The minimum atomic E-state index is -0.0861. The minimum Gasteiger partial charge on any atom is -0.383 e. The maximum Gasteiger partial charge on any atom is 0.241 e. The highest BCUT2D eigenvalue weighted by atomic mass is 127. The summed E-state index contributed by atoms with van der Waals surface area (Å²) in [4.78, 5) is 18.6. The highest BCUT2D eigenvalue weighted by molar-refractivity contribution is 14.0. The standard InChI is InChI=1S/C16H33N5O2.HI/c1-4-9-21-10-6-14(7-11-21)20-16(17-5-2)19-13-15(22)18-8-12-23-3;/h14H,4-13H2,1-3H3,(H,18,22)(H2,17,19,20);1H. The molecule has 7 nitrogen and oxygen atoms in total. The topological polar surface area (TPSA) is 78.0 Å². The number of rotatable bonds is 9. The highest BCUT2D eigenvalue weighted by Gasteiger charge is 2.19. The number of carbonyl (C=O) groups is 1. The number of methoxy groups -OCH3 is 1. The highest BCUT2D eigenvalue weighted by Crippen LogP contribution is 2.10. The normalized spacial score (nSPS) is 16.4. The molecule has 0 aromatic heterocycles. The first-order valence-corrected chi connectivity index (χ1v) is 8.72. The van der Waals surface area contributed by atoms with E-state index in [1.807, 2.05) is 6.92 Å². The molecule has 142 valence electrons. The zero-order valence-electron chi connectivity index (χ0n) is 15.3. The summed E-state index contributed by atoms with van der Waals surface area (Å²) in [5, 5.41) is 9.43. The van der Waals surface area contributed by atoms with Crippen molar-refractivity contribution in [1.29, 1.82) is 0 Å². The summed E-state index contributed by atoms with van der Waals surface area (Å²) in [5.41, 5.74) is 0. The maximum absolute atomic E-state index is 11.7. The number of piperidine rings is 1. The van der Waals surface area contributed by atoms with Crippen molar-refractivity contribution in [3.8, 4) is 0 Å². The van der Waals surface area contributed by atoms with Crippen molar-refractivity contribution < 1.29 is 9.53 Å². The Morgan fingerprint density at radius 2 is 1.96 bits per heavy atom. The van der Waals surface area contributed by atoms with E-state index >= 15 is 0 Å². The van der Waals surface area contributed by atoms with Crippen LogP contribution >= 0.6 is 24.0 Å². The Hall–Kier alpha value is -0.610. The maximum atomic E-state index is 11.7. The van der Waals surface area contributed by atoms with E-state index < -0.39 is 0 Å². The molecule has 1 aliphatic heterocycles. The molecule has 0 unspecified atom stereocenters. The molecule has 3 N–H and O–H groups in total. The number of guanidine groups is 1. The number of amides is 1. The molecule has 0 saturated carbocycles. The van der Waals surface area contributed by atoms with Gasteiger partial charge in [-0.05, 0) is 32.7 Å². The molecule has 0 aromatic rings. The number of nitrogens with one attached hydrogen (secondary N) is 3. The molecule has 1 rings (SSSR count).